The van der Waals surface area contributed by atoms with Gasteiger partial charge in [0.05, 0.1) is 41.5 Å². The molecule has 2 aromatic carbocycles. The Labute approximate surface area is 346 Å². The molecule has 0 saturated heterocycles. The first-order chi connectivity index (χ1) is 22.4. The number of carboxylic acid groups (broad SMARTS) is 4. The minimum Gasteiger partial charge on any atom is -0.549 e. The molecular weight excluding hydrogens is 789 g/mol. The molecule has 0 saturated carbocycles. The van der Waals surface area contributed by atoms with Gasteiger partial charge < -0.3 is 49.5 Å². The van der Waals surface area contributed by atoms with E-state index < -0.39 is 56.0 Å². The van der Waals surface area contributed by atoms with Gasteiger partial charge in [0.15, 0.2) is 5.43 Å². The number of benzene rings is 2. The number of pyridine rings is 1. The van der Waals surface area contributed by atoms with E-state index in [-0.39, 0.29) is 117 Å². The number of hydrogen-bond donors (Lipinski definition) is 1. The third-order valence-electron chi connectivity index (χ3n) is 7.50. The zero-order valence-corrected chi connectivity index (χ0v) is 31.7. The van der Waals surface area contributed by atoms with Crippen LogP contribution in [0.25, 0.3) is 21.8 Å². The van der Waals surface area contributed by atoms with Crippen molar-refractivity contribution in [3.05, 3.63) is 58.8 Å². The summed E-state index contributed by atoms with van der Waals surface area (Å²) in [6, 6.07) is 14.9. The number of carbonyl (C=O) groups excluding carboxylic acids is 5. The summed E-state index contributed by atoms with van der Waals surface area (Å²) in [6.07, 6.45) is 2.19. The van der Waals surface area contributed by atoms with Crippen molar-refractivity contribution in [1.29, 1.82) is 0 Å². The summed E-state index contributed by atoms with van der Waals surface area (Å²) in [5.41, 5.74) is 1.69. The summed E-state index contributed by atoms with van der Waals surface area (Å²) in [5, 5.41) is 48.4. The Balaban J connectivity index is 0.00000600. The first kappa shape index (κ1) is 44.7. The molecule has 0 unspecified atom stereocenters. The Hall–Kier alpha value is -2.28. The third-order valence-corrected chi connectivity index (χ3v) is 7.50. The average Bonchev–Trinajstić information content (AvgIpc) is 3.00. The zero-order valence-electron chi connectivity index (χ0n) is 27.3. The number of nitrogens with zero attached hydrogens (tertiary/aromatic N) is 4. The van der Waals surface area contributed by atoms with Crippen LogP contribution in [0.4, 0.5) is 0 Å². The van der Waals surface area contributed by atoms with E-state index >= 15 is 0 Å². The van der Waals surface area contributed by atoms with E-state index in [1.165, 1.54) is 9.80 Å². The second-order valence-corrected chi connectivity index (χ2v) is 11.1. The van der Waals surface area contributed by atoms with Gasteiger partial charge in [-0.3, -0.25) is 24.3 Å². The van der Waals surface area contributed by atoms with Crippen molar-refractivity contribution >= 4 is 51.6 Å². The van der Waals surface area contributed by atoms with Crippen molar-refractivity contribution in [3.63, 3.8) is 0 Å². The van der Waals surface area contributed by atoms with Gasteiger partial charge in [-0.05, 0) is 43.5 Å². The SMILES string of the molecule is O=C([O-])CN(CCN(CC(=O)[O-])CC(=O)[O-])CCN(CC(=O)[O-])CC(=O)NCCCCCn1c2ccccc2c(=O)c2ccccc21.[Eu+3].[Na+]. The maximum absolute atomic E-state index is 12.9. The number of hydrogen-bond acceptors (Lipinski definition) is 13. The summed E-state index contributed by atoms with van der Waals surface area (Å²) >= 11 is 0. The number of aliphatic carboxylic acids is 4. The molecule has 0 aliphatic carbocycles. The Kier molecular flexibility index (Phi) is 21.2. The van der Waals surface area contributed by atoms with Gasteiger partial charge in [-0.15, -0.1) is 0 Å². The van der Waals surface area contributed by atoms with Crippen molar-refractivity contribution in [2.24, 2.45) is 0 Å². The summed E-state index contributed by atoms with van der Waals surface area (Å²) in [6.45, 7) is -2.29. The minimum atomic E-state index is -1.53. The predicted octanol–water partition coefficient (Wildman–Crippen LogP) is -7.65. The van der Waals surface area contributed by atoms with E-state index in [0.29, 0.717) is 30.3 Å². The Bertz CT molecular complexity index is 1560. The van der Waals surface area contributed by atoms with Crippen molar-refractivity contribution in [1.82, 2.24) is 24.6 Å². The fourth-order valence-electron chi connectivity index (χ4n) is 5.37. The molecule has 0 radical (unpaired) electrons. The van der Waals surface area contributed by atoms with Crippen molar-refractivity contribution < 1.29 is 123 Å². The Morgan fingerprint density at radius 3 is 1.47 bits per heavy atom. The van der Waals surface area contributed by atoms with Gasteiger partial charge in [-0.1, -0.05) is 24.3 Å². The number of fused-ring (bicyclic) bond motifs is 2. The molecule has 0 spiro atoms. The smallest absolute Gasteiger partial charge is 0.549 e. The van der Waals surface area contributed by atoms with Crippen LogP contribution < -0.4 is 60.7 Å². The van der Waals surface area contributed by atoms with Gasteiger partial charge in [-0.2, -0.15) is 0 Å². The number of rotatable bonds is 22. The molecule has 3 rings (SSSR count). The molecule has 0 aliphatic rings. The van der Waals surface area contributed by atoms with Gasteiger partial charge in [-0.25, -0.2) is 0 Å². The van der Waals surface area contributed by atoms with E-state index in [9.17, 15) is 49.2 Å². The average molecular weight is 827 g/mol. The largest absolute Gasteiger partial charge is 3.00 e. The van der Waals surface area contributed by atoms with E-state index in [1.807, 2.05) is 48.5 Å². The summed E-state index contributed by atoms with van der Waals surface area (Å²) < 4.78 is 2.12. The molecule has 1 N–H and O–H groups in total. The molecule has 1 aromatic heterocycles. The molecule has 1 amide bonds. The number of carbonyl (C=O) groups is 5. The third kappa shape index (κ3) is 15.7. The molecule has 17 heteroatoms. The van der Waals surface area contributed by atoms with Gasteiger partial charge >= 0.3 is 78.9 Å². The fourth-order valence-corrected chi connectivity index (χ4v) is 5.37. The maximum Gasteiger partial charge on any atom is 3.00 e. The Morgan fingerprint density at radius 2 is 1.00 bits per heavy atom. The second kappa shape index (κ2) is 23.2. The first-order valence-electron chi connectivity index (χ1n) is 15.2. The molecule has 1 heterocycles. The van der Waals surface area contributed by atoms with Gasteiger partial charge in [0.25, 0.3) is 0 Å². The number of para-hydroxylation sites is 2. The van der Waals surface area contributed by atoms with E-state index in [0.717, 1.165) is 28.8 Å². The molecular formula is C32H37EuN5NaO10. The van der Waals surface area contributed by atoms with E-state index in [4.69, 9.17) is 0 Å². The van der Waals surface area contributed by atoms with Crippen LogP contribution in [0.1, 0.15) is 19.3 Å². The van der Waals surface area contributed by atoms with Crippen LogP contribution in [-0.2, 0) is 30.5 Å². The first-order valence-corrected chi connectivity index (χ1v) is 15.2. The van der Waals surface area contributed by atoms with Crippen LogP contribution in [0.5, 0.6) is 0 Å². The van der Waals surface area contributed by atoms with Gasteiger partial charge in [0.1, 0.15) is 0 Å². The number of carboxylic acids is 4. The van der Waals surface area contributed by atoms with Gasteiger partial charge in [0, 0.05) is 76.2 Å². The van der Waals surface area contributed by atoms with Crippen LogP contribution in [0, 0.1) is 49.4 Å². The van der Waals surface area contributed by atoms with Crippen LogP contribution in [-0.4, -0.2) is 114 Å². The van der Waals surface area contributed by atoms with Crippen molar-refractivity contribution in [2.75, 3.05) is 65.4 Å². The number of nitrogens with one attached hydrogen (secondary N) is 1. The molecule has 49 heavy (non-hydrogen) atoms. The van der Waals surface area contributed by atoms with E-state index in [2.05, 4.69) is 9.88 Å². The zero-order chi connectivity index (χ0) is 34.3. The quantitative estimate of drug-likeness (QED) is 0.0566. The van der Waals surface area contributed by atoms with Crippen molar-refractivity contribution in [3.8, 4) is 0 Å². The molecule has 0 atom stereocenters. The standard InChI is InChI=1S/C32H41N5O10.Eu.Na/c38-27(18-35(20-29(41)42)16-14-34(19-28(39)40)15-17-36(21-30(43)44)22-31(45)46)33-12-6-1-7-13-37-25-10-4-2-8-23(25)32(47)24-9-3-5-11-26(24)37;;/h2-5,8-11H,1,6-7,12-22H2,(H,33,38)(H,39,40)(H,41,42)(H,43,44)(H,45,46);;/q;+3;+1/p-4. The summed E-state index contributed by atoms with van der Waals surface area (Å²) in [4.78, 5) is 73.5. The normalized spacial score (nSPS) is 11.0. The van der Waals surface area contributed by atoms with Crippen LogP contribution in [0.2, 0.25) is 0 Å². The topological polar surface area (TPSA) is 221 Å². The number of aromatic nitrogens is 1. The maximum atomic E-state index is 12.9. The molecule has 258 valence electrons. The van der Waals surface area contributed by atoms with Crippen LogP contribution in [0.15, 0.2) is 53.3 Å². The molecule has 3 aromatic rings. The van der Waals surface area contributed by atoms with Gasteiger partial charge in [0.2, 0.25) is 5.91 Å². The molecule has 0 fully saturated rings. The summed E-state index contributed by atoms with van der Waals surface area (Å²) in [5.74, 6) is -6.40. The number of aryl methyl sites for hydroxylation is 1. The minimum absolute atomic E-state index is 0. The van der Waals surface area contributed by atoms with E-state index in [1.54, 1.807) is 0 Å². The second-order valence-electron chi connectivity index (χ2n) is 11.1. The molecule has 0 aliphatic heterocycles. The Morgan fingerprint density at radius 1 is 0.592 bits per heavy atom. The molecule has 0 bridgehead atoms. The monoisotopic (exact) mass is 827 g/mol. The molecule has 15 nitrogen and oxygen atoms in total. The number of amides is 1. The van der Waals surface area contributed by atoms with Crippen molar-refractivity contribution in [2.45, 2.75) is 25.8 Å². The number of unbranched alkanes of at least 4 members (excludes halogenated alkanes) is 2. The van der Waals surface area contributed by atoms with Crippen LogP contribution >= 0.6 is 0 Å². The van der Waals surface area contributed by atoms with Crippen LogP contribution in [0.3, 0.4) is 0 Å². The predicted molar refractivity (Wildman–Crippen MR) is 162 cm³/mol. The fraction of sp³-hybridized carbons (Fsp3) is 0.438. The summed E-state index contributed by atoms with van der Waals surface area (Å²) in [7, 11) is 0.